The maximum Gasteiger partial charge on any atom is 0.243 e. The molecule has 0 heterocycles. The van der Waals surface area contributed by atoms with Crippen LogP contribution in [0.2, 0.25) is 0 Å². The maximum atomic E-state index is 13.6. The normalized spacial score (nSPS) is 14.6. The number of carbonyl (C=O) groups excluding carboxylic acids is 1. The molecular weight excluding hydrogens is 468 g/mol. The summed E-state index contributed by atoms with van der Waals surface area (Å²) in [7, 11) is 2.45. The molecule has 0 atom stereocenters. The Balaban J connectivity index is 1.84. The molecule has 0 N–H and O–H groups in total. The quantitative estimate of drug-likeness (QED) is 0.486. The van der Waals surface area contributed by atoms with Gasteiger partial charge in [-0.1, -0.05) is 37.0 Å². The van der Waals surface area contributed by atoms with Crippen LogP contribution in [0.3, 0.4) is 0 Å². The number of sulfonamides is 1. The molecule has 3 rings (SSSR count). The third kappa shape index (κ3) is 6.27. The van der Waals surface area contributed by atoms with Crippen LogP contribution < -0.4 is 14.2 Å². The van der Waals surface area contributed by atoms with Crippen LogP contribution in [0.5, 0.6) is 17.2 Å². The molecule has 192 valence electrons. The average Bonchev–Trinajstić information content (AvgIpc) is 2.87. The SMILES string of the molecule is COc1cc(CN(C)C(=O)CN(C2CCCCC2)S(=O)(=O)c2ccc(C)cc2)cc(OC)c1OC. The Morgan fingerprint density at radius 3 is 2.03 bits per heavy atom. The van der Waals surface area contributed by atoms with Gasteiger partial charge in [0.05, 0.1) is 32.8 Å². The number of likely N-dealkylation sites (N-methyl/N-ethyl adjacent to an activating group) is 1. The molecule has 0 spiro atoms. The highest BCUT2D eigenvalue weighted by molar-refractivity contribution is 7.89. The Labute approximate surface area is 208 Å². The molecule has 0 radical (unpaired) electrons. The van der Waals surface area contributed by atoms with Gasteiger partial charge < -0.3 is 19.1 Å². The number of benzene rings is 2. The number of nitrogens with zero attached hydrogens (tertiary/aromatic N) is 2. The number of carbonyl (C=O) groups is 1. The lowest BCUT2D eigenvalue weighted by Gasteiger charge is -2.34. The number of ether oxygens (including phenoxy) is 3. The number of hydrogen-bond acceptors (Lipinski definition) is 6. The topological polar surface area (TPSA) is 85.4 Å². The highest BCUT2D eigenvalue weighted by Crippen LogP contribution is 2.38. The summed E-state index contributed by atoms with van der Waals surface area (Å²) in [4.78, 5) is 15.0. The highest BCUT2D eigenvalue weighted by atomic mass is 32.2. The van der Waals surface area contributed by atoms with Crippen molar-refractivity contribution >= 4 is 15.9 Å². The molecule has 0 bridgehead atoms. The molecule has 35 heavy (non-hydrogen) atoms. The van der Waals surface area contributed by atoms with Crippen molar-refractivity contribution in [1.29, 1.82) is 0 Å². The standard InChI is InChI=1S/C26H36N2O6S/c1-19-11-13-22(14-12-19)35(30,31)28(21-9-7-6-8-10-21)18-25(29)27(2)17-20-15-23(32-3)26(34-5)24(16-20)33-4/h11-16,21H,6-10,17-18H2,1-5H3. The minimum absolute atomic E-state index is 0.187. The van der Waals surface area contributed by atoms with Crippen molar-refractivity contribution in [1.82, 2.24) is 9.21 Å². The second-order valence-corrected chi connectivity index (χ2v) is 10.8. The summed E-state index contributed by atoms with van der Waals surface area (Å²) in [6, 6.07) is 10.2. The predicted molar refractivity (Wildman–Crippen MR) is 135 cm³/mol. The Kier molecular flexibility index (Phi) is 9.02. The lowest BCUT2D eigenvalue weighted by Crippen LogP contribution is -2.47. The molecule has 2 aromatic rings. The molecule has 1 aliphatic carbocycles. The van der Waals surface area contributed by atoms with Gasteiger partial charge in [-0.25, -0.2) is 8.42 Å². The van der Waals surface area contributed by atoms with Crippen LogP contribution in [-0.4, -0.2) is 64.5 Å². The van der Waals surface area contributed by atoms with Crippen LogP contribution in [0.4, 0.5) is 0 Å². The maximum absolute atomic E-state index is 13.6. The van der Waals surface area contributed by atoms with E-state index in [9.17, 15) is 13.2 Å². The van der Waals surface area contributed by atoms with E-state index in [0.717, 1.165) is 43.2 Å². The molecule has 8 nitrogen and oxygen atoms in total. The van der Waals surface area contributed by atoms with Crippen LogP contribution in [0.15, 0.2) is 41.3 Å². The van der Waals surface area contributed by atoms with E-state index in [0.29, 0.717) is 17.2 Å². The Morgan fingerprint density at radius 2 is 1.51 bits per heavy atom. The Hall–Kier alpha value is -2.78. The lowest BCUT2D eigenvalue weighted by atomic mass is 9.95. The zero-order chi connectivity index (χ0) is 25.6. The van der Waals surface area contributed by atoms with Crippen LogP contribution in [-0.2, 0) is 21.4 Å². The highest BCUT2D eigenvalue weighted by Gasteiger charge is 2.34. The molecule has 0 unspecified atom stereocenters. The molecule has 9 heteroatoms. The second kappa shape index (κ2) is 11.8. The van der Waals surface area contributed by atoms with Crippen molar-refractivity contribution in [3.05, 3.63) is 47.5 Å². The van der Waals surface area contributed by atoms with E-state index in [1.54, 1.807) is 43.4 Å². The molecule has 0 aromatic heterocycles. The van der Waals surface area contributed by atoms with Crippen molar-refractivity contribution in [2.45, 2.75) is 56.5 Å². The fourth-order valence-electron chi connectivity index (χ4n) is 4.47. The number of methoxy groups -OCH3 is 3. The minimum atomic E-state index is -3.82. The van der Waals surface area contributed by atoms with Gasteiger partial charge >= 0.3 is 0 Å². The van der Waals surface area contributed by atoms with E-state index >= 15 is 0 Å². The van der Waals surface area contributed by atoms with E-state index in [-0.39, 0.29) is 29.9 Å². The summed E-state index contributed by atoms with van der Waals surface area (Å²) < 4.78 is 44.8. The first kappa shape index (κ1) is 26.8. The van der Waals surface area contributed by atoms with Gasteiger partial charge in [0.1, 0.15) is 0 Å². The van der Waals surface area contributed by atoms with Gasteiger partial charge in [0.2, 0.25) is 21.7 Å². The van der Waals surface area contributed by atoms with Crippen molar-refractivity contribution in [2.75, 3.05) is 34.9 Å². The molecule has 1 saturated carbocycles. The molecule has 2 aromatic carbocycles. The molecule has 0 aliphatic heterocycles. The van der Waals surface area contributed by atoms with E-state index in [2.05, 4.69) is 0 Å². The van der Waals surface area contributed by atoms with Gasteiger partial charge in [-0.2, -0.15) is 4.31 Å². The minimum Gasteiger partial charge on any atom is -0.493 e. The molecule has 1 fully saturated rings. The van der Waals surface area contributed by atoms with Crippen LogP contribution >= 0.6 is 0 Å². The van der Waals surface area contributed by atoms with Gasteiger partial charge in [0.15, 0.2) is 11.5 Å². The predicted octanol–water partition coefficient (Wildman–Crippen LogP) is 4.00. The van der Waals surface area contributed by atoms with E-state index in [4.69, 9.17) is 14.2 Å². The lowest BCUT2D eigenvalue weighted by molar-refractivity contribution is -0.131. The van der Waals surface area contributed by atoms with Crippen LogP contribution in [0, 0.1) is 6.92 Å². The third-order valence-electron chi connectivity index (χ3n) is 6.47. The van der Waals surface area contributed by atoms with Crippen molar-refractivity contribution in [3.63, 3.8) is 0 Å². The molecular formula is C26H36N2O6S. The summed E-state index contributed by atoms with van der Waals surface area (Å²) in [6.45, 7) is 1.97. The zero-order valence-corrected chi connectivity index (χ0v) is 22.1. The average molecular weight is 505 g/mol. The largest absolute Gasteiger partial charge is 0.493 e. The fraction of sp³-hybridized carbons (Fsp3) is 0.500. The van der Waals surface area contributed by atoms with Gasteiger partial charge in [0.25, 0.3) is 0 Å². The zero-order valence-electron chi connectivity index (χ0n) is 21.2. The van der Waals surface area contributed by atoms with Gasteiger partial charge in [-0.15, -0.1) is 0 Å². The number of rotatable bonds is 10. The summed E-state index contributed by atoms with van der Waals surface area (Å²) in [5.74, 6) is 1.18. The monoisotopic (exact) mass is 504 g/mol. The first-order valence-electron chi connectivity index (χ1n) is 11.8. The van der Waals surface area contributed by atoms with E-state index in [1.807, 2.05) is 6.92 Å². The number of hydrogen-bond donors (Lipinski definition) is 0. The summed E-state index contributed by atoms with van der Waals surface area (Å²) in [6.07, 6.45) is 4.52. The Morgan fingerprint density at radius 1 is 0.943 bits per heavy atom. The van der Waals surface area contributed by atoms with Crippen molar-refractivity contribution < 1.29 is 27.4 Å². The molecule has 0 saturated heterocycles. The van der Waals surface area contributed by atoms with E-state index in [1.165, 1.54) is 30.5 Å². The van der Waals surface area contributed by atoms with Crippen LogP contribution in [0.25, 0.3) is 0 Å². The second-order valence-electron chi connectivity index (χ2n) is 8.94. The van der Waals surface area contributed by atoms with Crippen molar-refractivity contribution in [3.8, 4) is 17.2 Å². The van der Waals surface area contributed by atoms with Crippen molar-refractivity contribution in [2.24, 2.45) is 0 Å². The first-order valence-corrected chi connectivity index (χ1v) is 13.3. The summed E-state index contributed by atoms with van der Waals surface area (Å²) in [5.41, 5.74) is 1.76. The van der Waals surface area contributed by atoms with Gasteiger partial charge in [-0.3, -0.25) is 4.79 Å². The third-order valence-corrected chi connectivity index (χ3v) is 8.38. The fourth-order valence-corrected chi connectivity index (χ4v) is 6.10. The molecule has 1 aliphatic rings. The molecule has 1 amide bonds. The van der Waals surface area contributed by atoms with E-state index < -0.39 is 10.0 Å². The Bertz CT molecular complexity index is 1090. The van der Waals surface area contributed by atoms with Gasteiger partial charge in [-0.05, 0) is 49.6 Å². The smallest absolute Gasteiger partial charge is 0.243 e. The summed E-state index contributed by atoms with van der Waals surface area (Å²) >= 11 is 0. The summed E-state index contributed by atoms with van der Waals surface area (Å²) in [5, 5.41) is 0. The number of amides is 1. The first-order chi connectivity index (χ1) is 16.7. The van der Waals surface area contributed by atoms with Crippen LogP contribution in [0.1, 0.15) is 43.2 Å². The number of aryl methyl sites for hydroxylation is 1. The van der Waals surface area contributed by atoms with Gasteiger partial charge in [0, 0.05) is 19.6 Å².